The average molecular weight is 296 g/mol. The Morgan fingerprint density at radius 2 is 2.18 bits per heavy atom. The highest BCUT2D eigenvalue weighted by molar-refractivity contribution is 9.10. The van der Waals surface area contributed by atoms with E-state index in [4.69, 9.17) is 10.5 Å². The van der Waals surface area contributed by atoms with Gasteiger partial charge in [-0.05, 0) is 32.0 Å². The minimum atomic E-state index is -0.0949. The minimum absolute atomic E-state index is 0.0949. The van der Waals surface area contributed by atoms with Gasteiger partial charge in [0.05, 0.1) is 0 Å². The van der Waals surface area contributed by atoms with Gasteiger partial charge in [0.25, 0.3) is 0 Å². The van der Waals surface area contributed by atoms with E-state index in [9.17, 15) is 0 Å². The molecule has 0 aliphatic heterocycles. The lowest BCUT2D eigenvalue weighted by Gasteiger charge is -2.12. The predicted octanol–water partition coefficient (Wildman–Crippen LogP) is 3.29. The van der Waals surface area contributed by atoms with Crippen molar-refractivity contribution in [2.24, 2.45) is 5.73 Å². The summed E-state index contributed by atoms with van der Waals surface area (Å²) in [5.74, 6) is 1.28. The highest BCUT2D eigenvalue weighted by atomic mass is 79.9. The van der Waals surface area contributed by atoms with Gasteiger partial charge in [-0.3, -0.25) is 5.10 Å². The Kier molecular flexibility index (Phi) is 3.49. The van der Waals surface area contributed by atoms with Gasteiger partial charge >= 0.3 is 0 Å². The zero-order valence-electron chi connectivity index (χ0n) is 9.70. The zero-order chi connectivity index (χ0) is 12.4. The van der Waals surface area contributed by atoms with Crippen molar-refractivity contribution in [3.05, 3.63) is 40.0 Å². The van der Waals surface area contributed by atoms with Crippen molar-refractivity contribution in [3.63, 3.8) is 0 Å². The molecule has 0 fully saturated rings. The van der Waals surface area contributed by atoms with Crippen molar-refractivity contribution in [3.8, 4) is 11.6 Å². The van der Waals surface area contributed by atoms with Gasteiger partial charge in [0.15, 0.2) is 0 Å². The third kappa shape index (κ3) is 2.87. The Bertz CT molecular complexity index is 522. The summed E-state index contributed by atoms with van der Waals surface area (Å²) in [6, 6.07) is 7.50. The fourth-order valence-corrected chi connectivity index (χ4v) is 1.90. The van der Waals surface area contributed by atoms with Crippen LogP contribution in [0.1, 0.15) is 24.2 Å². The van der Waals surface area contributed by atoms with Crippen LogP contribution in [0.15, 0.2) is 28.7 Å². The Morgan fingerprint density at radius 3 is 2.76 bits per heavy atom. The third-order valence-electron chi connectivity index (χ3n) is 2.36. The SMILES string of the molecule is Cc1cc(Oc2ccc(Br)cc2C(C)N)n[nH]1. The van der Waals surface area contributed by atoms with Crippen LogP contribution in [0, 0.1) is 6.92 Å². The molecule has 0 saturated carbocycles. The first-order chi connectivity index (χ1) is 8.06. The van der Waals surface area contributed by atoms with Crippen LogP contribution < -0.4 is 10.5 Å². The van der Waals surface area contributed by atoms with Crippen LogP contribution in [0.5, 0.6) is 11.6 Å². The summed E-state index contributed by atoms with van der Waals surface area (Å²) in [5.41, 5.74) is 7.82. The monoisotopic (exact) mass is 295 g/mol. The summed E-state index contributed by atoms with van der Waals surface area (Å²) in [6.07, 6.45) is 0. The molecule has 0 aliphatic rings. The number of hydrogen-bond donors (Lipinski definition) is 2. The smallest absolute Gasteiger partial charge is 0.238 e. The van der Waals surface area contributed by atoms with Crippen LogP contribution in [-0.2, 0) is 0 Å². The molecule has 0 radical (unpaired) electrons. The molecule has 4 nitrogen and oxygen atoms in total. The number of halogens is 1. The van der Waals surface area contributed by atoms with E-state index in [-0.39, 0.29) is 6.04 Å². The van der Waals surface area contributed by atoms with Crippen molar-refractivity contribution >= 4 is 15.9 Å². The van der Waals surface area contributed by atoms with Gasteiger partial charge in [-0.25, -0.2) is 0 Å². The standard InChI is InChI=1S/C12H14BrN3O/c1-7-5-12(16-15-7)17-11-4-3-9(13)6-10(11)8(2)14/h3-6,8H,14H2,1-2H3,(H,15,16). The van der Waals surface area contributed by atoms with Gasteiger partial charge in [0, 0.05) is 27.8 Å². The van der Waals surface area contributed by atoms with Gasteiger partial charge in [-0.1, -0.05) is 15.9 Å². The number of benzene rings is 1. The Hall–Kier alpha value is -1.33. The zero-order valence-corrected chi connectivity index (χ0v) is 11.3. The van der Waals surface area contributed by atoms with Gasteiger partial charge in [-0.2, -0.15) is 0 Å². The molecule has 1 unspecified atom stereocenters. The molecule has 90 valence electrons. The Balaban J connectivity index is 2.32. The minimum Gasteiger partial charge on any atom is -0.437 e. The molecule has 3 N–H and O–H groups in total. The second kappa shape index (κ2) is 4.89. The van der Waals surface area contributed by atoms with E-state index in [1.807, 2.05) is 38.1 Å². The van der Waals surface area contributed by atoms with Crippen LogP contribution in [0.3, 0.4) is 0 Å². The molecule has 2 rings (SSSR count). The molecule has 1 aromatic heterocycles. The number of aromatic amines is 1. The number of hydrogen-bond acceptors (Lipinski definition) is 3. The van der Waals surface area contributed by atoms with Gasteiger partial charge in [0.2, 0.25) is 5.88 Å². The maximum Gasteiger partial charge on any atom is 0.238 e. The Morgan fingerprint density at radius 1 is 1.41 bits per heavy atom. The lowest BCUT2D eigenvalue weighted by Crippen LogP contribution is -2.06. The van der Waals surface area contributed by atoms with Crippen LogP contribution in [0.25, 0.3) is 0 Å². The lowest BCUT2D eigenvalue weighted by atomic mass is 10.1. The number of nitrogens with two attached hydrogens (primary N) is 1. The maximum absolute atomic E-state index is 5.91. The summed E-state index contributed by atoms with van der Waals surface area (Å²) in [5, 5.41) is 6.87. The van der Waals surface area contributed by atoms with Gasteiger partial charge < -0.3 is 10.5 Å². The number of rotatable bonds is 3. The summed E-state index contributed by atoms with van der Waals surface area (Å²) < 4.78 is 6.69. The first kappa shape index (κ1) is 12.1. The maximum atomic E-state index is 5.91. The Labute approximate surface area is 108 Å². The lowest BCUT2D eigenvalue weighted by molar-refractivity contribution is 0.452. The van der Waals surface area contributed by atoms with Crippen molar-refractivity contribution in [2.45, 2.75) is 19.9 Å². The first-order valence-electron chi connectivity index (χ1n) is 5.31. The van der Waals surface area contributed by atoms with Crippen molar-refractivity contribution < 1.29 is 4.74 Å². The quantitative estimate of drug-likeness (QED) is 0.913. The number of aryl methyl sites for hydroxylation is 1. The summed E-state index contributed by atoms with van der Waals surface area (Å²) in [4.78, 5) is 0. The number of aromatic nitrogens is 2. The molecule has 0 aliphatic carbocycles. The van der Waals surface area contributed by atoms with E-state index in [1.54, 1.807) is 0 Å². The predicted molar refractivity (Wildman–Crippen MR) is 70.1 cm³/mol. The van der Waals surface area contributed by atoms with Gasteiger partial charge in [-0.15, -0.1) is 5.10 Å². The number of nitrogens with one attached hydrogen (secondary N) is 1. The molecular weight excluding hydrogens is 282 g/mol. The number of ether oxygens (including phenoxy) is 1. The molecule has 1 atom stereocenters. The molecule has 2 aromatic rings. The molecular formula is C12H14BrN3O. The third-order valence-corrected chi connectivity index (χ3v) is 2.85. The second-order valence-electron chi connectivity index (χ2n) is 3.96. The molecule has 1 aromatic carbocycles. The van der Waals surface area contributed by atoms with E-state index in [2.05, 4.69) is 26.1 Å². The first-order valence-corrected chi connectivity index (χ1v) is 6.10. The van der Waals surface area contributed by atoms with E-state index >= 15 is 0 Å². The molecule has 0 saturated heterocycles. The van der Waals surface area contributed by atoms with E-state index in [0.29, 0.717) is 5.88 Å². The second-order valence-corrected chi connectivity index (χ2v) is 4.88. The summed E-state index contributed by atoms with van der Waals surface area (Å²) >= 11 is 3.42. The molecule has 5 heteroatoms. The molecule has 1 heterocycles. The topological polar surface area (TPSA) is 63.9 Å². The van der Waals surface area contributed by atoms with Crippen LogP contribution in [0.2, 0.25) is 0 Å². The highest BCUT2D eigenvalue weighted by Crippen LogP contribution is 2.30. The van der Waals surface area contributed by atoms with Crippen LogP contribution in [0.4, 0.5) is 0 Å². The van der Waals surface area contributed by atoms with Crippen molar-refractivity contribution in [1.82, 2.24) is 10.2 Å². The van der Waals surface area contributed by atoms with Crippen LogP contribution in [-0.4, -0.2) is 10.2 Å². The van der Waals surface area contributed by atoms with Crippen LogP contribution >= 0.6 is 15.9 Å². The van der Waals surface area contributed by atoms with Crippen molar-refractivity contribution in [2.75, 3.05) is 0 Å². The normalized spacial score (nSPS) is 12.5. The highest BCUT2D eigenvalue weighted by Gasteiger charge is 2.10. The van der Waals surface area contributed by atoms with Gasteiger partial charge in [0.1, 0.15) is 5.75 Å². The summed E-state index contributed by atoms with van der Waals surface area (Å²) in [6.45, 7) is 3.85. The number of nitrogens with zero attached hydrogens (tertiary/aromatic N) is 1. The number of H-pyrrole nitrogens is 1. The molecule has 0 amide bonds. The molecule has 0 bridgehead atoms. The molecule has 0 spiro atoms. The fraction of sp³-hybridized carbons (Fsp3) is 0.250. The fourth-order valence-electron chi connectivity index (χ4n) is 1.53. The summed E-state index contributed by atoms with van der Waals surface area (Å²) in [7, 11) is 0. The van der Waals surface area contributed by atoms with E-state index in [0.717, 1.165) is 21.5 Å². The van der Waals surface area contributed by atoms with E-state index in [1.165, 1.54) is 0 Å². The van der Waals surface area contributed by atoms with E-state index < -0.39 is 0 Å². The molecule has 17 heavy (non-hydrogen) atoms. The van der Waals surface area contributed by atoms with Crippen molar-refractivity contribution in [1.29, 1.82) is 0 Å². The largest absolute Gasteiger partial charge is 0.437 e. The average Bonchev–Trinajstić information content (AvgIpc) is 2.66.